The van der Waals surface area contributed by atoms with Gasteiger partial charge in [0.2, 0.25) is 5.88 Å². The molecule has 1 aromatic heterocycles. The maximum Gasteiger partial charge on any atom is 0.220 e. The molecule has 5 heteroatoms. The first-order valence-corrected chi connectivity index (χ1v) is 5.86. The standard InChI is InChI=1S/C12H6BrClN2O/c13-8-4-5-10(14)11(6-8)17-12-3-1-2-9(7-15)16-12/h1-6H. The van der Waals surface area contributed by atoms with E-state index in [1.54, 1.807) is 30.3 Å². The van der Waals surface area contributed by atoms with Gasteiger partial charge in [0.15, 0.2) is 0 Å². The molecule has 0 spiro atoms. The van der Waals surface area contributed by atoms with E-state index in [9.17, 15) is 0 Å². The zero-order valence-electron chi connectivity index (χ0n) is 8.52. The van der Waals surface area contributed by atoms with E-state index in [2.05, 4.69) is 20.9 Å². The van der Waals surface area contributed by atoms with Gasteiger partial charge in [0.1, 0.15) is 17.5 Å². The number of hydrogen-bond acceptors (Lipinski definition) is 3. The molecular weight excluding hydrogens is 304 g/mol. The number of halogens is 2. The zero-order chi connectivity index (χ0) is 12.3. The minimum atomic E-state index is 0.300. The molecule has 1 aromatic carbocycles. The molecule has 0 fully saturated rings. The minimum Gasteiger partial charge on any atom is -0.437 e. The molecule has 0 atom stereocenters. The quantitative estimate of drug-likeness (QED) is 0.836. The van der Waals surface area contributed by atoms with Gasteiger partial charge in [-0.05, 0) is 24.3 Å². The lowest BCUT2D eigenvalue weighted by Gasteiger charge is -2.06. The summed E-state index contributed by atoms with van der Waals surface area (Å²) in [6.07, 6.45) is 0. The Bertz CT molecular complexity index is 595. The van der Waals surface area contributed by atoms with Gasteiger partial charge in [-0.2, -0.15) is 5.26 Å². The van der Waals surface area contributed by atoms with Crippen molar-refractivity contribution in [1.82, 2.24) is 4.98 Å². The van der Waals surface area contributed by atoms with Crippen molar-refractivity contribution in [2.24, 2.45) is 0 Å². The van der Waals surface area contributed by atoms with Crippen molar-refractivity contribution in [2.45, 2.75) is 0 Å². The van der Waals surface area contributed by atoms with Crippen LogP contribution < -0.4 is 4.74 Å². The third-order valence-electron chi connectivity index (χ3n) is 1.95. The van der Waals surface area contributed by atoms with E-state index in [0.29, 0.717) is 22.3 Å². The van der Waals surface area contributed by atoms with Crippen molar-refractivity contribution in [3.63, 3.8) is 0 Å². The molecule has 17 heavy (non-hydrogen) atoms. The monoisotopic (exact) mass is 308 g/mol. The second kappa shape index (κ2) is 5.17. The molecule has 84 valence electrons. The summed E-state index contributed by atoms with van der Waals surface area (Å²) in [4.78, 5) is 4.00. The summed E-state index contributed by atoms with van der Waals surface area (Å²) in [5.74, 6) is 0.827. The van der Waals surface area contributed by atoms with E-state index in [4.69, 9.17) is 21.6 Å². The van der Waals surface area contributed by atoms with E-state index in [1.165, 1.54) is 0 Å². The summed E-state index contributed by atoms with van der Waals surface area (Å²) < 4.78 is 6.36. The largest absolute Gasteiger partial charge is 0.437 e. The third kappa shape index (κ3) is 2.96. The number of rotatable bonds is 2. The highest BCUT2D eigenvalue weighted by Gasteiger charge is 2.05. The Morgan fingerprint density at radius 1 is 1.29 bits per heavy atom. The zero-order valence-corrected chi connectivity index (χ0v) is 10.9. The smallest absolute Gasteiger partial charge is 0.220 e. The predicted molar refractivity (Wildman–Crippen MR) is 68.2 cm³/mol. The first kappa shape index (κ1) is 11.9. The van der Waals surface area contributed by atoms with Gasteiger partial charge >= 0.3 is 0 Å². The molecule has 0 aliphatic heterocycles. The summed E-state index contributed by atoms with van der Waals surface area (Å²) in [6.45, 7) is 0. The Balaban J connectivity index is 2.31. The van der Waals surface area contributed by atoms with Gasteiger partial charge in [-0.3, -0.25) is 0 Å². The number of benzene rings is 1. The number of nitriles is 1. The lowest BCUT2D eigenvalue weighted by molar-refractivity contribution is 0.462. The lowest BCUT2D eigenvalue weighted by Crippen LogP contribution is -1.90. The molecule has 0 bridgehead atoms. The molecule has 2 rings (SSSR count). The van der Waals surface area contributed by atoms with Crippen LogP contribution in [0.15, 0.2) is 40.9 Å². The van der Waals surface area contributed by atoms with Gasteiger partial charge in [-0.25, -0.2) is 4.98 Å². The Hall–Kier alpha value is -1.57. The molecule has 0 radical (unpaired) electrons. The van der Waals surface area contributed by atoms with Crippen LogP contribution in [0.1, 0.15) is 5.69 Å². The molecular formula is C12H6BrClN2O. The van der Waals surface area contributed by atoms with Crippen LogP contribution in [0.3, 0.4) is 0 Å². The molecule has 2 aromatic rings. The number of ether oxygens (including phenoxy) is 1. The number of nitrogens with zero attached hydrogens (tertiary/aromatic N) is 2. The van der Waals surface area contributed by atoms with Crippen LogP contribution >= 0.6 is 27.5 Å². The van der Waals surface area contributed by atoms with Crippen molar-refractivity contribution in [3.05, 3.63) is 51.6 Å². The van der Waals surface area contributed by atoms with E-state index >= 15 is 0 Å². The normalized spacial score (nSPS) is 9.71. The molecule has 0 saturated carbocycles. The summed E-state index contributed by atoms with van der Waals surface area (Å²) in [7, 11) is 0. The second-order valence-electron chi connectivity index (χ2n) is 3.15. The maximum atomic E-state index is 8.73. The van der Waals surface area contributed by atoms with Crippen molar-refractivity contribution in [2.75, 3.05) is 0 Å². The Morgan fingerprint density at radius 3 is 2.88 bits per heavy atom. The molecule has 1 heterocycles. The average molecular weight is 310 g/mol. The van der Waals surface area contributed by atoms with Gasteiger partial charge < -0.3 is 4.74 Å². The first-order valence-electron chi connectivity index (χ1n) is 4.69. The molecule has 0 amide bonds. The summed E-state index contributed by atoms with van der Waals surface area (Å²) in [6, 6.07) is 12.2. The van der Waals surface area contributed by atoms with E-state index in [-0.39, 0.29) is 0 Å². The Morgan fingerprint density at radius 2 is 2.12 bits per heavy atom. The van der Waals surface area contributed by atoms with Gasteiger partial charge in [0.25, 0.3) is 0 Å². The molecule has 3 nitrogen and oxygen atoms in total. The topological polar surface area (TPSA) is 45.9 Å². The highest BCUT2D eigenvalue weighted by atomic mass is 79.9. The molecule has 0 unspecified atom stereocenters. The van der Waals surface area contributed by atoms with Crippen molar-refractivity contribution >= 4 is 27.5 Å². The van der Waals surface area contributed by atoms with Crippen LogP contribution in [0.25, 0.3) is 0 Å². The summed E-state index contributed by atoms with van der Waals surface area (Å²) in [5.41, 5.74) is 0.300. The predicted octanol–water partition coefficient (Wildman–Crippen LogP) is 4.16. The molecule has 0 N–H and O–H groups in total. The number of aromatic nitrogens is 1. The fourth-order valence-electron chi connectivity index (χ4n) is 1.20. The van der Waals surface area contributed by atoms with E-state index in [1.807, 2.05) is 12.1 Å². The number of hydrogen-bond donors (Lipinski definition) is 0. The lowest BCUT2D eigenvalue weighted by atomic mass is 10.3. The summed E-state index contributed by atoms with van der Waals surface area (Å²) >= 11 is 9.31. The van der Waals surface area contributed by atoms with Crippen LogP contribution in [0.5, 0.6) is 11.6 Å². The van der Waals surface area contributed by atoms with Crippen LogP contribution in [0.2, 0.25) is 5.02 Å². The van der Waals surface area contributed by atoms with E-state index in [0.717, 1.165) is 4.47 Å². The molecule has 0 aliphatic rings. The van der Waals surface area contributed by atoms with Crippen LogP contribution in [-0.2, 0) is 0 Å². The highest BCUT2D eigenvalue weighted by Crippen LogP contribution is 2.31. The van der Waals surface area contributed by atoms with E-state index < -0.39 is 0 Å². The van der Waals surface area contributed by atoms with Crippen molar-refractivity contribution in [1.29, 1.82) is 5.26 Å². The van der Waals surface area contributed by atoms with Crippen molar-refractivity contribution in [3.8, 4) is 17.7 Å². The minimum absolute atomic E-state index is 0.300. The Labute approximate surface area is 112 Å². The third-order valence-corrected chi connectivity index (χ3v) is 2.75. The molecule has 0 saturated heterocycles. The van der Waals surface area contributed by atoms with Gasteiger partial charge in [0.05, 0.1) is 5.02 Å². The SMILES string of the molecule is N#Cc1cccc(Oc2cc(Br)ccc2Cl)n1. The number of pyridine rings is 1. The van der Waals surface area contributed by atoms with Crippen molar-refractivity contribution < 1.29 is 4.74 Å². The summed E-state index contributed by atoms with van der Waals surface area (Å²) in [5, 5.41) is 9.21. The Kier molecular flexibility index (Phi) is 3.62. The maximum absolute atomic E-state index is 8.73. The molecule has 0 aliphatic carbocycles. The van der Waals surface area contributed by atoms with Crippen LogP contribution in [0, 0.1) is 11.3 Å². The first-order chi connectivity index (χ1) is 8.19. The van der Waals surface area contributed by atoms with Gasteiger partial charge in [0, 0.05) is 10.5 Å². The average Bonchev–Trinajstić information content (AvgIpc) is 2.34. The fraction of sp³-hybridized carbons (Fsp3) is 0. The second-order valence-corrected chi connectivity index (χ2v) is 4.47. The van der Waals surface area contributed by atoms with Crippen LogP contribution in [0.4, 0.5) is 0 Å². The highest BCUT2D eigenvalue weighted by molar-refractivity contribution is 9.10. The van der Waals surface area contributed by atoms with Crippen LogP contribution in [-0.4, -0.2) is 4.98 Å². The fourth-order valence-corrected chi connectivity index (χ4v) is 1.70. The van der Waals surface area contributed by atoms with Gasteiger partial charge in [-0.15, -0.1) is 0 Å². The van der Waals surface area contributed by atoms with Gasteiger partial charge in [-0.1, -0.05) is 33.6 Å².